The number of halogens is 1. The lowest BCUT2D eigenvalue weighted by Crippen LogP contribution is -2.25. The van der Waals surface area contributed by atoms with Gasteiger partial charge < -0.3 is 5.73 Å². The smallest absolute Gasteiger partial charge is 0.242 e. The van der Waals surface area contributed by atoms with Crippen molar-refractivity contribution in [2.45, 2.75) is 11.8 Å². The Balaban J connectivity index is 3.03. The molecule has 0 heterocycles. The van der Waals surface area contributed by atoms with Gasteiger partial charge in [-0.25, -0.2) is 13.1 Å². The second-order valence-electron chi connectivity index (χ2n) is 3.47. The Morgan fingerprint density at radius 1 is 1.56 bits per heavy atom. The molecule has 1 aromatic rings. The first-order chi connectivity index (χ1) is 7.33. The molecule has 6 heteroatoms. The van der Waals surface area contributed by atoms with Crippen molar-refractivity contribution in [2.75, 3.05) is 12.3 Å². The number of anilines is 1. The fourth-order valence-corrected chi connectivity index (χ4v) is 2.68. The van der Waals surface area contributed by atoms with Crippen LogP contribution in [0.2, 0.25) is 5.02 Å². The van der Waals surface area contributed by atoms with Crippen molar-refractivity contribution in [1.82, 2.24) is 4.72 Å². The average molecular weight is 261 g/mol. The zero-order valence-corrected chi connectivity index (χ0v) is 10.4. The predicted molar refractivity (Wildman–Crippen MR) is 65.9 cm³/mol. The van der Waals surface area contributed by atoms with E-state index in [1.807, 2.05) is 0 Å². The van der Waals surface area contributed by atoms with Crippen LogP contribution in [0.3, 0.4) is 0 Å². The number of hydrogen-bond acceptors (Lipinski definition) is 3. The first kappa shape index (κ1) is 13.0. The number of nitrogens with two attached hydrogens (primary N) is 1. The van der Waals surface area contributed by atoms with Crippen LogP contribution in [-0.2, 0) is 10.0 Å². The van der Waals surface area contributed by atoms with Crippen molar-refractivity contribution in [3.63, 3.8) is 0 Å². The van der Waals surface area contributed by atoms with E-state index in [9.17, 15) is 8.42 Å². The first-order valence-electron chi connectivity index (χ1n) is 4.52. The molecule has 1 aromatic carbocycles. The van der Waals surface area contributed by atoms with Crippen LogP contribution in [-0.4, -0.2) is 15.0 Å². The highest BCUT2D eigenvalue weighted by molar-refractivity contribution is 7.89. The Kier molecular flexibility index (Phi) is 3.96. The van der Waals surface area contributed by atoms with Crippen LogP contribution >= 0.6 is 11.6 Å². The zero-order chi connectivity index (χ0) is 12.3. The number of benzene rings is 1. The Morgan fingerprint density at radius 2 is 2.19 bits per heavy atom. The fraction of sp³-hybridized carbons (Fsp3) is 0.200. The van der Waals surface area contributed by atoms with Gasteiger partial charge in [0.15, 0.2) is 0 Å². The van der Waals surface area contributed by atoms with Gasteiger partial charge in [-0.15, -0.1) is 0 Å². The minimum Gasteiger partial charge on any atom is -0.399 e. The van der Waals surface area contributed by atoms with Gasteiger partial charge >= 0.3 is 0 Å². The third-order valence-electron chi connectivity index (χ3n) is 1.81. The maximum Gasteiger partial charge on any atom is 0.242 e. The quantitative estimate of drug-likeness (QED) is 0.640. The Bertz CT molecular complexity index is 512. The van der Waals surface area contributed by atoms with Crippen LogP contribution in [0.5, 0.6) is 0 Å². The third-order valence-corrected chi connectivity index (χ3v) is 3.69. The van der Waals surface area contributed by atoms with E-state index in [2.05, 4.69) is 11.3 Å². The van der Waals surface area contributed by atoms with E-state index >= 15 is 0 Å². The molecule has 0 unspecified atom stereocenters. The second kappa shape index (κ2) is 4.86. The van der Waals surface area contributed by atoms with Gasteiger partial charge in [0.2, 0.25) is 10.0 Å². The van der Waals surface area contributed by atoms with Gasteiger partial charge in [0.25, 0.3) is 0 Å². The molecule has 0 saturated carbocycles. The minimum absolute atomic E-state index is 0.0182. The third kappa shape index (κ3) is 3.23. The monoisotopic (exact) mass is 260 g/mol. The summed E-state index contributed by atoms with van der Waals surface area (Å²) in [5, 5.41) is 0.106. The highest BCUT2D eigenvalue weighted by Gasteiger charge is 2.17. The standard InChI is InChI=1S/C10H13ClN2O2S/c1-7(2)6-13-16(14,15)10-4-3-8(12)5-9(10)11/h3-5,13H,1,6,12H2,2H3. The molecular formula is C10H13ClN2O2S. The zero-order valence-electron chi connectivity index (χ0n) is 8.83. The van der Waals surface area contributed by atoms with Gasteiger partial charge in [-0.3, -0.25) is 0 Å². The van der Waals surface area contributed by atoms with Gasteiger partial charge in [-0.05, 0) is 25.1 Å². The molecule has 0 aromatic heterocycles. The average Bonchev–Trinajstić information content (AvgIpc) is 2.14. The molecule has 0 amide bonds. The molecule has 3 N–H and O–H groups in total. The van der Waals surface area contributed by atoms with Gasteiger partial charge in [-0.1, -0.05) is 23.8 Å². The molecule has 16 heavy (non-hydrogen) atoms. The molecule has 0 atom stereocenters. The van der Waals surface area contributed by atoms with E-state index in [4.69, 9.17) is 17.3 Å². The maximum atomic E-state index is 11.8. The fourth-order valence-electron chi connectivity index (χ4n) is 1.03. The normalized spacial score (nSPS) is 11.4. The summed E-state index contributed by atoms with van der Waals surface area (Å²) in [6.45, 7) is 5.52. The molecule has 0 aliphatic heterocycles. The van der Waals surface area contributed by atoms with Crippen molar-refractivity contribution in [3.8, 4) is 0 Å². The summed E-state index contributed by atoms with van der Waals surface area (Å²) in [7, 11) is -3.60. The molecule has 0 aliphatic rings. The van der Waals surface area contributed by atoms with Crippen LogP contribution in [0.1, 0.15) is 6.92 Å². The molecule has 4 nitrogen and oxygen atoms in total. The number of rotatable bonds is 4. The lowest BCUT2D eigenvalue weighted by molar-refractivity contribution is 0.585. The van der Waals surface area contributed by atoms with Crippen LogP contribution < -0.4 is 10.5 Å². The predicted octanol–water partition coefficient (Wildman–Crippen LogP) is 1.78. The second-order valence-corrected chi connectivity index (χ2v) is 5.61. The summed E-state index contributed by atoms with van der Waals surface area (Å²) in [5.41, 5.74) is 6.62. The van der Waals surface area contributed by atoms with E-state index in [1.165, 1.54) is 18.2 Å². The molecular weight excluding hydrogens is 248 g/mol. The largest absolute Gasteiger partial charge is 0.399 e. The van der Waals surface area contributed by atoms with Crippen LogP contribution in [0, 0.1) is 0 Å². The molecule has 0 radical (unpaired) electrons. The molecule has 0 spiro atoms. The topological polar surface area (TPSA) is 72.2 Å². The number of sulfonamides is 1. The van der Waals surface area contributed by atoms with Crippen LogP contribution in [0.4, 0.5) is 5.69 Å². The lowest BCUT2D eigenvalue weighted by atomic mass is 10.3. The van der Waals surface area contributed by atoms with Gasteiger partial charge in [0, 0.05) is 12.2 Å². The summed E-state index contributed by atoms with van der Waals surface area (Å²) in [5.74, 6) is 0. The molecule has 0 saturated heterocycles. The van der Waals surface area contributed by atoms with Gasteiger partial charge in [0.1, 0.15) is 4.90 Å². The molecule has 88 valence electrons. The van der Waals surface area contributed by atoms with Gasteiger partial charge in [0.05, 0.1) is 5.02 Å². The van der Waals surface area contributed by atoms with Crippen LogP contribution in [0.15, 0.2) is 35.2 Å². The Morgan fingerprint density at radius 3 is 2.69 bits per heavy atom. The maximum absolute atomic E-state index is 11.8. The van der Waals surface area contributed by atoms with Crippen molar-refractivity contribution < 1.29 is 8.42 Å². The number of hydrogen-bond donors (Lipinski definition) is 2. The highest BCUT2D eigenvalue weighted by Crippen LogP contribution is 2.23. The Labute approximate surface area is 100 Å². The van der Waals surface area contributed by atoms with Crippen LogP contribution in [0.25, 0.3) is 0 Å². The lowest BCUT2D eigenvalue weighted by Gasteiger charge is -2.08. The molecule has 0 aliphatic carbocycles. The van der Waals surface area contributed by atoms with E-state index < -0.39 is 10.0 Å². The van der Waals surface area contributed by atoms with E-state index in [1.54, 1.807) is 6.92 Å². The molecule has 0 fully saturated rings. The first-order valence-corrected chi connectivity index (χ1v) is 6.38. The highest BCUT2D eigenvalue weighted by atomic mass is 35.5. The van der Waals surface area contributed by atoms with Crippen molar-refractivity contribution in [1.29, 1.82) is 0 Å². The molecule has 1 rings (SSSR count). The van der Waals surface area contributed by atoms with E-state index in [0.717, 1.165) is 5.57 Å². The van der Waals surface area contributed by atoms with E-state index in [-0.39, 0.29) is 16.5 Å². The summed E-state index contributed by atoms with van der Waals surface area (Å²) in [6.07, 6.45) is 0. The van der Waals surface area contributed by atoms with Crippen molar-refractivity contribution in [3.05, 3.63) is 35.4 Å². The summed E-state index contributed by atoms with van der Waals surface area (Å²) >= 11 is 5.81. The Hall–Kier alpha value is -1.04. The number of nitrogens with one attached hydrogen (secondary N) is 1. The summed E-state index contributed by atoms with van der Waals surface area (Å²) in [4.78, 5) is 0.0182. The summed E-state index contributed by atoms with van der Waals surface area (Å²) in [6, 6.07) is 4.26. The SMILES string of the molecule is C=C(C)CNS(=O)(=O)c1ccc(N)cc1Cl. The summed E-state index contributed by atoms with van der Waals surface area (Å²) < 4.78 is 26.0. The van der Waals surface area contributed by atoms with E-state index in [0.29, 0.717) is 5.69 Å². The van der Waals surface area contributed by atoms with Crippen molar-refractivity contribution in [2.24, 2.45) is 0 Å². The van der Waals surface area contributed by atoms with Gasteiger partial charge in [-0.2, -0.15) is 0 Å². The molecule has 0 bridgehead atoms. The van der Waals surface area contributed by atoms with Crippen molar-refractivity contribution >= 4 is 27.3 Å². The number of nitrogen functional groups attached to an aromatic ring is 1. The minimum atomic E-state index is -3.60.